The van der Waals surface area contributed by atoms with Crippen molar-refractivity contribution in [2.75, 3.05) is 13.7 Å². The van der Waals surface area contributed by atoms with Crippen molar-refractivity contribution in [1.82, 2.24) is 5.32 Å². The van der Waals surface area contributed by atoms with Crippen LogP contribution in [-0.2, 0) is 28.5 Å². The fourth-order valence-corrected chi connectivity index (χ4v) is 3.35. The quantitative estimate of drug-likeness (QED) is 0.384. The van der Waals surface area contributed by atoms with Crippen LogP contribution in [0.5, 0.6) is 0 Å². The Balaban J connectivity index is 2.22. The lowest BCUT2D eigenvalue weighted by Crippen LogP contribution is -2.49. The van der Waals surface area contributed by atoms with Crippen molar-refractivity contribution in [3.8, 4) is 0 Å². The summed E-state index contributed by atoms with van der Waals surface area (Å²) in [4.78, 5) is 28.7. The summed E-state index contributed by atoms with van der Waals surface area (Å²) in [6.07, 6.45) is -1.66. The van der Waals surface area contributed by atoms with Gasteiger partial charge in [0.2, 0.25) is 5.76 Å². The van der Waals surface area contributed by atoms with Crippen LogP contribution in [0.1, 0.15) is 48.5 Å². The third kappa shape index (κ3) is 6.91. The molecule has 10 nitrogen and oxygen atoms in total. The molecular weight excluding hydrogens is 408 g/mol. The first kappa shape index (κ1) is 25.1. The van der Waals surface area contributed by atoms with Crippen LogP contribution >= 0.6 is 0 Å². The lowest BCUT2D eigenvalue weighted by Gasteiger charge is -2.37. The van der Waals surface area contributed by atoms with E-state index >= 15 is 0 Å². The third-order valence-electron chi connectivity index (χ3n) is 4.80. The molecule has 2 N–H and O–H groups in total. The van der Waals surface area contributed by atoms with Gasteiger partial charge < -0.3 is 28.8 Å². The molecule has 31 heavy (non-hydrogen) atoms. The number of amides is 1. The molecule has 10 heteroatoms. The number of aliphatic hydroxyl groups is 1. The van der Waals surface area contributed by atoms with Crippen LogP contribution < -0.4 is 5.32 Å². The highest BCUT2D eigenvalue weighted by Crippen LogP contribution is 2.33. The minimum absolute atomic E-state index is 0.0679. The summed E-state index contributed by atoms with van der Waals surface area (Å²) in [5, 5.41) is 13.5. The number of aliphatic imine (C=N–C) groups is 1. The minimum Gasteiger partial charge on any atom is -0.480 e. The number of alkyl carbamates (subject to hydrolysis) is 1. The van der Waals surface area contributed by atoms with E-state index in [4.69, 9.17) is 23.7 Å². The molecule has 2 aliphatic rings. The van der Waals surface area contributed by atoms with Crippen LogP contribution in [0.4, 0.5) is 4.79 Å². The average molecular weight is 443 g/mol. The Morgan fingerprint density at radius 3 is 2.52 bits per heavy atom. The number of ether oxygens (including phenoxy) is 5. The molecule has 176 valence electrons. The van der Waals surface area contributed by atoms with Gasteiger partial charge in [0.1, 0.15) is 29.7 Å². The number of rotatable bonds is 4. The highest BCUT2D eigenvalue weighted by Gasteiger charge is 2.46. The van der Waals surface area contributed by atoms with Crippen LogP contribution in [0.3, 0.4) is 0 Å². The molecule has 2 aliphatic heterocycles. The van der Waals surface area contributed by atoms with Gasteiger partial charge in [-0.2, -0.15) is 0 Å². The van der Waals surface area contributed by atoms with E-state index in [1.54, 1.807) is 41.5 Å². The summed E-state index contributed by atoms with van der Waals surface area (Å²) in [5.74, 6) is -1.64. The van der Waals surface area contributed by atoms with Crippen molar-refractivity contribution in [3.63, 3.8) is 0 Å². The standard InChI is InChI=1S/C21H34N2O8/c1-11-13(22-12(2)23-19(26)31-20(3,4)5)9-14(18(25)27-8)29-17(11)16(24)15-10-28-21(6,7)30-15/h9,11,13,15-17,24H,10H2,1-8H3,(H,22,23,26)/t11-,13+,15-,16-,17-/m1/s1. The van der Waals surface area contributed by atoms with E-state index in [-0.39, 0.29) is 18.3 Å². The number of carbonyl (C=O) groups excluding carboxylic acids is 2. The molecule has 0 saturated carbocycles. The Morgan fingerprint density at radius 2 is 2.00 bits per heavy atom. The van der Waals surface area contributed by atoms with Gasteiger partial charge in [0.25, 0.3) is 0 Å². The molecule has 2 heterocycles. The Kier molecular flexibility index (Phi) is 7.72. The zero-order chi connectivity index (χ0) is 23.6. The summed E-state index contributed by atoms with van der Waals surface area (Å²) in [6, 6.07) is -0.576. The first-order valence-electron chi connectivity index (χ1n) is 10.2. The summed E-state index contributed by atoms with van der Waals surface area (Å²) in [7, 11) is 1.24. The van der Waals surface area contributed by atoms with Crippen molar-refractivity contribution >= 4 is 17.9 Å². The van der Waals surface area contributed by atoms with E-state index in [0.29, 0.717) is 5.84 Å². The van der Waals surface area contributed by atoms with Gasteiger partial charge in [-0.15, -0.1) is 0 Å². The highest BCUT2D eigenvalue weighted by molar-refractivity contribution is 5.94. The van der Waals surface area contributed by atoms with Gasteiger partial charge in [0.15, 0.2) is 5.79 Å². The second-order valence-electron chi connectivity index (χ2n) is 9.15. The van der Waals surface area contributed by atoms with Crippen molar-refractivity contribution in [2.24, 2.45) is 10.9 Å². The number of nitrogens with zero attached hydrogens (tertiary/aromatic N) is 1. The topological polar surface area (TPSA) is 125 Å². The monoisotopic (exact) mass is 442 g/mol. The number of carbonyl (C=O) groups is 2. The number of methoxy groups -OCH3 is 1. The average Bonchev–Trinajstić information content (AvgIpc) is 3.00. The van der Waals surface area contributed by atoms with Gasteiger partial charge in [0, 0.05) is 5.92 Å². The number of amidine groups is 1. The zero-order valence-electron chi connectivity index (χ0n) is 19.4. The van der Waals surface area contributed by atoms with Crippen LogP contribution in [0.25, 0.3) is 0 Å². The van der Waals surface area contributed by atoms with Crippen molar-refractivity contribution < 1.29 is 38.4 Å². The predicted molar refractivity (Wildman–Crippen MR) is 111 cm³/mol. The zero-order valence-corrected chi connectivity index (χ0v) is 19.4. The normalized spacial score (nSPS) is 29.5. The predicted octanol–water partition coefficient (Wildman–Crippen LogP) is 1.90. The largest absolute Gasteiger partial charge is 0.480 e. The van der Waals surface area contributed by atoms with Crippen LogP contribution in [0.15, 0.2) is 16.8 Å². The molecule has 0 aliphatic carbocycles. The van der Waals surface area contributed by atoms with E-state index in [1.807, 2.05) is 6.92 Å². The fourth-order valence-electron chi connectivity index (χ4n) is 3.35. The number of hydrogen-bond donors (Lipinski definition) is 2. The maximum absolute atomic E-state index is 12.1. The lowest BCUT2D eigenvalue weighted by atomic mass is 9.87. The molecule has 0 aromatic rings. The van der Waals surface area contributed by atoms with Gasteiger partial charge in [0.05, 0.1) is 19.8 Å². The Morgan fingerprint density at radius 1 is 1.35 bits per heavy atom. The Labute approximate surface area is 182 Å². The van der Waals surface area contributed by atoms with Crippen LogP contribution in [0, 0.1) is 5.92 Å². The first-order valence-corrected chi connectivity index (χ1v) is 10.2. The molecule has 1 amide bonds. The highest BCUT2D eigenvalue weighted by atomic mass is 16.7. The molecular formula is C21H34N2O8. The van der Waals surface area contributed by atoms with Crippen molar-refractivity contribution in [3.05, 3.63) is 11.8 Å². The lowest BCUT2D eigenvalue weighted by molar-refractivity contribution is -0.170. The molecule has 0 bridgehead atoms. The van der Waals surface area contributed by atoms with Crippen LogP contribution in [0.2, 0.25) is 0 Å². The molecule has 1 fully saturated rings. The summed E-state index contributed by atoms with van der Waals surface area (Å²) in [6.45, 7) is 12.4. The van der Waals surface area contributed by atoms with Gasteiger partial charge >= 0.3 is 12.1 Å². The summed E-state index contributed by atoms with van der Waals surface area (Å²) < 4.78 is 27.1. The van der Waals surface area contributed by atoms with E-state index in [1.165, 1.54) is 13.2 Å². The molecule has 0 aromatic carbocycles. The fraction of sp³-hybridized carbons (Fsp3) is 0.762. The third-order valence-corrected chi connectivity index (χ3v) is 4.80. The van der Waals surface area contributed by atoms with Gasteiger partial charge in [-0.05, 0) is 47.6 Å². The molecule has 5 atom stereocenters. The van der Waals surface area contributed by atoms with Gasteiger partial charge in [-0.3, -0.25) is 10.3 Å². The number of aliphatic hydroxyl groups excluding tert-OH is 1. The molecule has 0 radical (unpaired) electrons. The van der Waals surface area contributed by atoms with E-state index in [2.05, 4.69) is 10.3 Å². The molecule has 0 spiro atoms. The number of esters is 1. The Bertz CT molecular complexity index is 740. The summed E-state index contributed by atoms with van der Waals surface area (Å²) >= 11 is 0. The maximum atomic E-state index is 12.1. The molecule has 0 aromatic heterocycles. The second-order valence-corrected chi connectivity index (χ2v) is 9.15. The number of nitrogens with one attached hydrogen (secondary N) is 1. The Hall–Kier alpha value is -2.17. The van der Waals surface area contributed by atoms with Crippen LogP contribution in [-0.4, -0.2) is 72.5 Å². The van der Waals surface area contributed by atoms with Gasteiger partial charge in [-0.25, -0.2) is 9.59 Å². The van der Waals surface area contributed by atoms with E-state index in [9.17, 15) is 14.7 Å². The number of hydrogen-bond acceptors (Lipinski definition) is 9. The smallest absolute Gasteiger partial charge is 0.413 e. The maximum Gasteiger partial charge on any atom is 0.413 e. The van der Waals surface area contributed by atoms with E-state index in [0.717, 1.165) is 0 Å². The second kappa shape index (κ2) is 9.54. The molecule has 2 rings (SSSR count). The first-order chi connectivity index (χ1) is 14.2. The van der Waals surface area contributed by atoms with Crippen molar-refractivity contribution in [1.29, 1.82) is 0 Å². The van der Waals surface area contributed by atoms with Crippen molar-refractivity contribution in [2.45, 2.75) is 84.2 Å². The summed E-state index contributed by atoms with van der Waals surface area (Å²) in [5.41, 5.74) is -0.652. The van der Waals surface area contributed by atoms with Gasteiger partial charge in [-0.1, -0.05) is 6.92 Å². The minimum atomic E-state index is -1.08. The molecule has 1 saturated heterocycles. The molecule has 0 unspecified atom stereocenters. The van der Waals surface area contributed by atoms with E-state index < -0.39 is 47.8 Å². The SMILES string of the molecule is COC(=O)C1=C[C@H](N=C(C)NC(=O)OC(C)(C)C)[C@@H](C)[C@H]([C@H](O)[C@H]2COC(C)(C)O2)O1.